The zero-order valence-electron chi connectivity index (χ0n) is 13.0. The van der Waals surface area contributed by atoms with Gasteiger partial charge in [0.15, 0.2) is 0 Å². The molecule has 0 saturated heterocycles. The van der Waals surface area contributed by atoms with Crippen molar-refractivity contribution in [1.82, 2.24) is 4.57 Å². The highest BCUT2D eigenvalue weighted by molar-refractivity contribution is 5.93. The maximum Gasteiger partial charge on any atom is 0.341 e. The summed E-state index contributed by atoms with van der Waals surface area (Å²) in [6, 6.07) is 3.00. The highest BCUT2D eigenvalue weighted by atomic mass is 19.1. The summed E-state index contributed by atoms with van der Waals surface area (Å²) in [6.07, 6.45) is 6.49. The minimum atomic E-state index is -1.29. The van der Waals surface area contributed by atoms with Crippen molar-refractivity contribution in [2.75, 3.05) is 0 Å². The van der Waals surface area contributed by atoms with Crippen LogP contribution in [0.25, 0.3) is 16.5 Å². The third-order valence-electron chi connectivity index (χ3n) is 4.79. The fourth-order valence-corrected chi connectivity index (χ4v) is 3.39. The minimum Gasteiger partial charge on any atom is -0.477 e. The maximum absolute atomic E-state index is 14.6. The van der Waals surface area contributed by atoms with E-state index in [0.717, 1.165) is 18.4 Å². The van der Waals surface area contributed by atoms with Crippen LogP contribution >= 0.6 is 0 Å². The molecule has 0 aliphatic heterocycles. The Hall–Kier alpha value is -2.47. The molecule has 24 heavy (non-hydrogen) atoms. The zero-order valence-corrected chi connectivity index (χ0v) is 13.0. The van der Waals surface area contributed by atoms with Crippen molar-refractivity contribution in [2.45, 2.75) is 37.8 Å². The topological polar surface area (TPSA) is 85.3 Å². The largest absolute Gasteiger partial charge is 0.477 e. The van der Waals surface area contributed by atoms with E-state index in [2.05, 4.69) is 0 Å². The van der Waals surface area contributed by atoms with Crippen LogP contribution in [0.3, 0.4) is 0 Å². The summed E-state index contributed by atoms with van der Waals surface area (Å²) in [5, 5.41) is 9.36. The van der Waals surface area contributed by atoms with Crippen molar-refractivity contribution >= 4 is 22.4 Å². The standard InChI is InChI=1S/C18H17FN2O3/c19-15-6-13-16(7-12(15)9-1-2-10(20)5-9)21(11-3-4-11)8-14(17(13)22)18(23)24/h1,6-8,10-11H,2-5,20H2,(H,23,24). The normalized spacial score (nSPS) is 20.4. The molecule has 2 aliphatic rings. The van der Waals surface area contributed by atoms with Gasteiger partial charge in [-0.05, 0) is 43.4 Å². The molecule has 0 amide bonds. The first-order chi connectivity index (χ1) is 11.5. The molecule has 5 nitrogen and oxygen atoms in total. The van der Waals surface area contributed by atoms with E-state index in [1.165, 1.54) is 12.3 Å². The first kappa shape index (κ1) is 15.1. The van der Waals surface area contributed by atoms with E-state index >= 15 is 0 Å². The maximum atomic E-state index is 14.6. The van der Waals surface area contributed by atoms with Crippen LogP contribution < -0.4 is 11.2 Å². The molecule has 1 unspecified atom stereocenters. The van der Waals surface area contributed by atoms with Crippen LogP contribution in [0.2, 0.25) is 0 Å². The van der Waals surface area contributed by atoms with E-state index in [1.54, 1.807) is 10.6 Å². The van der Waals surface area contributed by atoms with Gasteiger partial charge >= 0.3 is 5.97 Å². The Morgan fingerprint density at radius 1 is 1.33 bits per heavy atom. The number of aromatic carboxylic acids is 1. The van der Waals surface area contributed by atoms with Crippen LogP contribution in [-0.4, -0.2) is 21.7 Å². The summed E-state index contributed by atoms with van der Waals surface area (Å²) in [7, 11) is 0. The predicted molar refractivity (Wildman–Crippen MR) is 88.6 cm³/mol. The van der Waals surface area contributed by atoms with Gasteiger partial charge in [0.25, 0.3) is 0 Å². The molecule has 1 aromatic heterocycles. The molecule has 0 spiro atoms. The van der Waals surface area contributed by atoms with Gasteiger partial charge in [0.2, 0.25) is 5.43 Å². The summed E-state index contributed by atoms with van der Waals surface area (Å²) in [4.78, 5) is 23.7. The molecule has 2 aromatic rings. The number of halogens is 1. The Bertz CT molecular complexity index is 957. The van der Waals surface area contributed by atoms with E-state index in [1.807, 2.05) is 6.08 Å². The predicted octanol–water partition coefficient (Wildman–Crippen LogP) is 2.68. The van der Waals surface area contributed by atoms with E-state index < -0.39 is 17.2 Å². The van der Waals surface area contributed by atoms with E-state index in [0.29, 0.717) is 23.9 Å². The number of nitrogens with zero attached hydrogens (tertiary/aromatic N) is 1. The van der Waals surface area contributed by atoms with Crippen LogP contribution in [0.15, 0.2) is 29.2 Å². The van der Waals surface area contributed by atoms with E-state index in [9.17, 15) is 19.1 Å². The van der Waals surface area contributed by atoms with Gasteiger partial charge in [-0.1, -0.05) is 6.08 Å². The second-order valence-electron chi connectivity index (χ2n) is 6.59. The summed E-state index contributed by atoms with van der Waals surface area (Å²) in [5.41, 5.74) is 6.82. The number of fused-ring (bicyclic) bond motifs is 1. The highest BCUT2D eigenvalue weighted by Gasteiger charge is 2.28. The molecule has 1 heterocycles. The summed E-state index contributed by atoms with van der Waals surface area (Å²) in [6.45, 7) is 0. The number of pyridine rings is 1. The van der Waals surface area contributed by atoms with Crippen LogP contribution in [0.1, 0.15) is 47.6 Å². The zero-order chi connectivity index (χ0) is 17.0. The number of hydrogen-bond donors (Lipinski definition) is 2. The lowest BCUT2D eigenvalue weighted by atomic mass is 10.0. The second-order valence-corrected chi connectivity index (χ2v) is 6.59. The molecule has 0 radical (unpaired) electrons. The van der Waals surface area contributed by atoms with Crippen LogP contribution in [-0.2, 0) is 0 Å². The molecule has 1 fully saturated rings. The van der Waals surface area contributed by atoms with Gasteiger partial charge < -0.3 is 15.4 Å². The molecule has 0 bridgehead atoms. The first-order valence-corrected chi connectivity index (χ1v) is 8.02. The number of aromatic nitrogens is 1. The van der Waals surface area contributed by atoms with Gasteiger partial charge in [0.05, 0.1) is 5.52 Å². The van der Waals surface area contributed by atoms with Crippen molar-refractivity contribution in [3.05, 3.63) is 51.6 Å². The van der Waals surface area contributed by atoms with Crippen LogP contribution in [0.4, 0.5) is 4.39 Å². The van der Waals surface area contributed by atoms with Crippen molar-refractivity contribution in [3.63, 3.8) is 0 Å². The molecule has 1 aromatic carbocycles. The average Bonchev–Trinajstić information content (AvgIpc) is 3.28. The number of hydrogen-bond acceptors (Lipinski definition) is 3. The smallest absolute Gasteiger partial charge is 0.341 e. The summed E-state index contributed by atoms with van der Waals surface area (Å²) >= 11 is 0. The third kappa shape index (κ3) is 2.34. The Morgan fingerprint density at radius 2 is 2.08 bits per heavy atom. The fourth-order valence-electron chi connectivity index (χ4n) is 3.39. The SMILES string of the molecule is NC1CC=C(c2cc3c(cc2F)c(=O)c(C(=O)O)cn3C2CC2)C1. The number of carboxylic acids is 1. The minimum absolute atomic E-state index is 0.00453. The molecular formula is C18H17FN2O3. The molecular weight excluding hydrogens is 311 g/mol. The van der Waals surface area contributed by atoms with Gasteiger partial charge in [-0.3, -0.25) is 4.79 Å². The Morgan fingerprint density at radius 3 is 2.67 bits per heavy atom. The molecule has 3 N–H and O–H groups in total. The summed E-state index contributed by atoms with van der Waals surface area (Å²) in [5.74, 6) is -1.80. The number of carbonyl (C=O) groups is 1. The fraction of sp³-hybridized carbons (Fsp3) is 0.333. The monoisotopic (exact) mass is 328 g/mol. The molecule has 124 valence electrons. The van der Waals surface area contributed by atoms with E-state index in [-0.39, 0.29) is 23.0 Å². The molecule has 4 rings (SSSR count). The number of rotatable bonds is 3. The number of nitrogens with two attached hydrogens (primary N) is 1. The first-order valence-electron chi connectivity index (χ1n) is 8.02. The van der Waals surface area contributed by atoms with Crippen molar-refractivity contribution in [1.29, 1.82) is 0 Å². The van der Waals surface area contributed by atoms with Crippen LogP contribution in [0, 0.1) is 5.82 Å². The van der Waals surface area contributed by atoms with Crippen LogP contribution in [0.5, 0.6) is 0 Å². The van der Waals surface area contributed by atoms with Gasteiger partial charge in [0, 0.05) is 29.2 Å². The lowest BCUT2D eigenvalue weighted by Crippen LogP contribution is -2.19. The molecule has 1 atom stereocenters. The Labute approximate surface area is 137 Å². The lowest BCUT2D eigenvalue weighted by molar-refractivity contribution is 0.0695. The van der Waals surface area contributed by atoms with Crippen molar-refractivity contribution < 1.29 is 14.3 Å². The van der Waals surface area contributed by atoms with E-state index in [4.69, 9.17) is 5.73 Å². The third-order valence-corrected chi connectivity index (χ3v) is 4.79. The van der Waals surface area contributed by atoms with Crippen molar-refractivity contribution in [3.8, 4) is 0 Å². The number of carboxylic acid groups (broad SMARTS) is 1. The molecule has 1 saturated carbocycles. The number of benzene rings is 1. The van der Waals surface area contributed by atoms with Gasteiger partial charge in [-0.2, -0.15) is 0 Å². The van der Waals surface area contributed by atoms with Crippen molar-refractivity contribution in [2.24, 2.45) is 5.73 Å². The highest BCUT2D eigenvalue weighted by Crippen LogP contribution is 2.38. The molecule has 2 aliphatic carbocycles. The quantitative estimate of drug-likeness (QED) is 0.907. The lowest BCUT2D eigenvalue weighted by Gasteiger charge is -2.14. The van der Waals surface area contributed by atoms with Gasteiger partial charge in [-0.15, -0.1) is 0 Å². The Balaban J connectivity index is 1.99. The Kier molecular flexibility index (Phi) is 3.31. The molecule has 6 heteroatoms. The van der Waals surface area contributed by atoms with Gasteiger partial charge in [0.1, 0.15) is 11.4 Å². The summed E-state index contributed by atoms with van der Waals surface area (Å²) < 4.78 is 16.4. The average molecular weight is 328 g/mol. The second kappa shape index (κ2) is 5.27. The van der Waals surface area contributed by atoms with Gasteiger partial charge in [-0.25, -0.2) is 9.18 Å².